The van der Waals surface area contributed by atoms with Gasteiger partial charge in [-0.2, -0.15) is 0 Å². The Bertz CT molecular complexity index is 612. The van der Waals surface area contributed by atoms with Crippen molar-refractivity contribution in [2.45, 2.75) is 25.3 Å². The minimum atomic E-state index is 0.145. The van der Waals surface area contributed by atoms with E-state index < -0.39 is 0 Å². The molecular formula is C14H13ClN2O. The van der Waals surface area contributed by atoms with Crippen LogP contribution in [-0.4, -0.2) is 16.9 Å². The van der Waals surface area contributed by atoms with E-state index in [1.807, 2.05) is 24.3 Å². The fourth-order valence-electron chi connectivity index (χ4n) is 2.46. The minimum Gasteiger partial charge on any atom is -0.353 e. The van der Waals surface area contributed by atoms with Crippen LogP contribution in [0, 0.1) is 0 Å². The highest BCUT2D eigenvalue weighted by molar-refractivity contribution is 6.35. The topological polar surface area (TPSA) is 42.0 Å². The third-order valence-corrected chi connectivity index (χ3v) is 3.68. The summed E-state index contributed by atoms with van der Waals surface area (Å²) in [5.41, 5.74) is 2.08. The van der Waals surface area contributed by atoms with Crippen LogP contribution in [0.25, 0.3) is 10.9 Å². The van der Waals surface area contributed by atoms with Gasteiger partial charge in [0.05, 0.1) is 5.52 Å². The maximum atomic E-state index is 11.2. The molecule has 2 aromatic rings. The Morgan fingerprint density at radius 2 is 2.28 bits per heavy atom. The molecule has 0 saturated carbocycles. The van der Waals surface area contributed by atoms with Crippen molar-refractivity contribution in [2.75, 3.05) is 0 Å². The first-order valence-electron chi connectivity index (χ1n) is 6.05. The zero-order valence-electron chi connectivity index (χ0n) is 9.82. The zero-order valence-corrected chi connectivity index (χ0v) is 10.6. The van der Waals surface area contributed by atoms with E-state index >= 15 is 0 Å². The van der Waals surface area contributed by atoms with E-state index in [-0.39, 0.29) is 11.9 Å². The van der Waals surface area contributed by atoms with Gasteiger partial charge < -0.3 is 5.32 Å². The molecule has 1 aliphatic rings. The molecule has 1 aromatic carbocycles. The number of hydrogen-bond donors (Lipinski definition) is 1. The zero-order chi connectivity index (χ0) is 12.5. The van der Waals surface area contributed by atoms with Crippen LogP contribution < -0.4 is 5.32 Å². The SMILES string of the molecule is O=C1CCC(Cc2ccc(Cl)c3cccnc23)N1. The summed E-state index contributed by atoms with van der Waals surface area (Å²) in [4.78, 5) is 15.6. The smallest absolute Gasteiger partial charge is 0.220 e. The third-order valence-electron chi connectivity index (χ3n) is 3.35. The van der Waals surface area contributed by atoms with Crippen LogP contribution in [-0.2, 0) is 11.2 Å². The van der Waals surface area contributed by atoms with Crippen molar-refractivity contribution in [1.29, 1.82) is 0 Å². The van der Waals surface area contributed by atoms with Gasteiger partial charge in [0.2, 0.25) is 5.91 Å². The molecule has 1 atom stereocenters. The Hall–Kier alpha value is -1.61. The summed E-state index contributed by atoms with van der Waals surface area (Å²) in [6.07, 6.45) is 4.12. The molecule has 18 heavy (non-hydrogen) atoms. The Morgan fingerprint density at radius 3 is 3.06 bits per heavy atom. The number of halogens is 1. The summed E-state index contributed by atoms with van der Waals surface area (Å²) in [5.74, 6) is 0.145. The molecule has 1 amide bonds. The minimum absolute atomic E-state index is 0.145. The number of hydrogen-bond acceptors (Lipinski definition) is 2. The highest BCUT2D eigenvalue weighted by Gasteiger charge is 2.21. The van der Waals surface area contributed by atoms with E-state index in [9.17, 15) is 4.79 Å². The molecule has 1 unspecified atom stereocenters. The van der Waals surface area contributed by atoms with Gasteiger partial charge in [0.1, 0.15) is 0 Å². The number of carbonyl (C=O) groups excluding carboxylic acids is 1. The number of benzene rings is 1. The summed E-state index contributed by atoms with van der Waals surface area (Å²) in [5, 5.41) is 4.67. The normalized spacial score (nSPS) is 19.2. The standard InChI is InChI=1S/C14H13ClN2O/c15-12-5-3-9(8-10-4-6-13(18)17-10)14-11(12)2-1-7-16-14/h1-3,5,7,10H,4,6,8H2,(H,17,18). The van der Waals surface area contributed by atoms with E-state index in [0.29, 0.717) is 6.42 Å². The molecule has 0 bridgehead atoms. The van der Waals surface area contributed by atoms with Crippen LogP contribution >= 0.6 is 11.6 Å². The second-order valence-electron chi connectivity index (χ2n) is 4.61. The molecule has 92 valence electrons. The van der Waals surface area contributed by atoms with E-state index in [2.05, 4.69) is 10.3 Å². The number of fused-ring (bicyclic) bond motifs is 1. The summed E-state index contributed by atoms with van der Waals surface area (Å²) in [6, 6.07) is 7.99. The van der Waals surface area contributed by atoms with Crippen LogP contribution in [0.1, 0.15) is 18.4 Å². The lowest BCUT2D eigenvalue weighted by molar-refractivity contribution is -0.119. The molecule has 1 fully saturated rings. The molecule has 1 N–H and O–H groups in total. The van der Waals surface area contributed by atoms with Gasteiger partial charge in [-0.15, -0.1) is 0 Å². The van der Waals surface area contributed by atoms with E-state index in [1.165, 1.54) is 0 Å². The van der Waals surface area contributed by atoms with Crippen LogP contribution in [0.15, 0.2) is 30.5 Å². The Morgan fingerprint density at radius 1 is 1.39 bits per heavy atom. The summed E-state index contributed by atoms with van der Waals surface area (Å²) in [6.45, 7) is 0. The maximum absolute atomic E-state index is 11.2. The average Bonchev–Trinajstić information content (AvgIpc) is 2.79. The lowest BCUT2D eigenvalue weighted by Gasteiger charge is -2.12. The van der Waals surface area contributed by atoms with Crippen molar-refractivity contribution in [3.8, 4) is 0 Å². The molecule has 3 rings (SSSR count). The number of nitrogens with zero attached hydrogens (tertiary/aromatic N) is 1. The van der Waals surface area contributed by atoms with Crippen molar-refractivity contribution >= 4 is 28.4 Å². The second kappa shape index (κ2) is 4.58. The number of carbonyl (C=O) groups is 1. The molecule has 0 radical (unpaired) electrons. The fraction of sp³-hybridized carbons (Fsp3) is 0.286. The Kier molecular flexibility index (Phi) is 2.92. The molecule has 1 aromatic heterocycles. The molecule has 1 saturated heterocycles. The molecule has 1 aliphatic heterocycles. The van der Waals surface area contributed by atoms with Gasteiger partial charge in [0.15, 0.2) is 0 Å². The molecule has 4 heteroatoms. The van der Waals surface area contributed by atoms with Gasteiger partial charge >= 0.3 is 0 Å². The fourth-order valence-corrected chi connectivity index (χ4v) is 2.67. The molecular weight excluding hydrogens is 248 g/mol. The Balaban J connectivity index is 1.97. The largest absolute Gasteiger partial charge is 0.353 e. The first-order chi connectivity index (χ1) is 8.74. The van der Waals surface area contributed by atoms with Crippen molar-refractivity contribution in [3.05, 3.63) is 41.0 Å². The molecule has 0 aliphatic carbocycles. The number of pyridine rings is 1. The summed E-state index contributed by atoms with van der Waals surface area (Å²) < 4.78 is 0. The highest BCUT2D eigenvalue weighted by atomic mass is 35.5. The van der Waals surface area contributed by atoms with Gasteiger partial charge in [-0.25, -0.2) is 0 Å². The molecule has 0 spiro atoms. The first-order valence-corrected chi connectivity index (χ1v) is 6.43. The predicted octanol–water partition coefficient (Wildman–Crippen LogP) is 2.71. The van der Waals surface area contributed by atoms with Gasteiger partial charge in [0.25, 0.3) is 0 Å². The van der Waals surface area contributed by atoms with Gasteiger partial charge in [-0.1, -0.05) is 17.7 Å². The van der Waals surface area contributed by atoms with Gasteiger partial charge in [-0.3, -0.25) is 9.78 Å². The third kappa shape index (κ3) is 2.06. The van der Waals surface area contributed by atoms with Crippen LogP contribution in [0.4, 0.5) is 0 Å². The number of amides is 1. The quantitative estimate of drug-likeness (QED) is 0.902. The number of nitrogens with one attached hydrogen (secondary N) is 1. The van der Waals surface area contributed by atoms with Crippen molar-refractivity contribution < 1.29 is 4.79 Å². The summed E-state index contributed by atoms with van der Waals surface area (Å²) in [7, 11) is 0. The first kappa shape index (κ1) is 11.5. The predicted molar refractivity (Wildman–Crippen MR) is 71.6 cm³/mol. The van der Waals surface area contributed by atoms with Crippen molar-refractivity contribution in [2.24, 2.45) is 0 Å². The lowest BCUT2D eigenvalue weighted by Crippen LogP contribution is -2.27. The number of aromatic nitrogens is 1. The van der Waals surface area contributed by atoms with E-state index in [4.69, 9.17) is 11.6 Å². The molecule has 2 heterocycles. The average molecular weight is 261 g/mol. The van der Waals surface area contributed by atoms with Gasteiger partial charge in [0, 0.05) is 29.1 Å². The van der Waals surface area contributed by atoms with Gasteiger partial charge in [-0.05, 0) is 36.6 Å². The summed E-state index contributed by atoms with van der Waals surface area (Å²) >= 11 is 6.16. The Labute approximate surface area is 110 Å². The van der Waals surface area contributed by atoms with Crippen LogP contribution in [0.3, 0.4) is 0 Å². The number of rotatable bonds is 2. The highest BCUT2D eigenvalue weighted by Crippen LogP contribution is 2.26. The monoisotopic (exact) mass is 260 g/mol. The van der Waals surface area contributed by atoms with Crippen molar-refractivity contribution in [1.82, 2.24) is 10.3 Å². The lowest BCUT2D eigenvalue weighted by atomic mass is 10.0. The van der Waals surface area contributed by atoms with Crippen molar-refractivity contribution in [3.63, 3.8) is 0 Å². The van der Waals surface area contributed by atoms with E-state index in [1.54, 1.807) is 6.20 Å². The van der Waals surface area contributed by atoms with Crippen LogP contribution in [0.2, 0.25) is 5.02 Å². The maximum Gasteiger partial charge on any atom is 0.220 e. The molecule has 3 nitrogen and oxygen atoms in total. The van der Waals surface area contributed by atoms with E-state index in [0.717, 1.165) is 34.3 Å². The van der Waals surface area contributed by atoms with Crippen LogP contribution in [0.5, 0.6) is 0 Å². The second-order valence-corrected chi connectivity index (χ2v) is 5.02.